The van der Waals surface area contributed by atoms with Crippen molar-refractivity contribution in [2.75, 3.05) is 13.1 Å². The molecule has 0 N–H and O–H groups in total. The van der Waals surface area contributed by atoms with Crippen molar-refractivity contribution < 1.29 is 0 Å². The predicted octanol–water partition coefficient (Wildman–Crippen LogP) is 2.50. The minimum Gasteiger partial charge on any atom is -0.297 e. The maximum atomic E-state index is 4.09. The molecule has 4 heteroatoms. The Labute approximate surface area is 91.1 Å². The fraction of sp³-hybridized carbons (Fsp3) is 0.667. The molecule has 72 valence electrons. The van der Waals surface area contributed by atoms with Gasteiger partial charge in [-0.3, -0.25) is 9.88 Å². The summed E-state index contributed by atoms with van der Waals surface area (Å²) < 4.78 is 0. The van der Waals surface area contributed by atoms with Crippen LogP contribution in [0, 0.1) is 0 Å². The smallest absolute Gasteiger partial charge is 0.0794 e. The first-order valence-electron chi connectivity index (χ1n) is 4.58. The van der Waals surface area contributed by atoms with Crippen LogP contribution in [0.1, 0.15) is 17.7 Å². The van der Waals surface area contributed by atoms with Gasteiger partial charge in [-0.1, -0.05) is 15.9 Å². The molecule has 1 aliphatic rings. The fourth-order valence-electron chi connectivity index (χ4n) is 1.68. The molecule has 0 amide bonds. The van der Waals surface area contributed by atoms with Crippen LogP contribution >= 0.6 is 27.3 Å². The number of piperidine rings is 1. The SMILES string of the molecule is BrC1CCCN(Cc2cncs2)C1. The van der Waals surface area contributed by atoms with Gasteiger partial charge < -0.3 is 0 Å². The van der Waals surface area contributed by atoms with E-state index in [4.69, 9.17) is 0 Å². The van der Waals surface area contributed by atoms with E-state index in [1.807, 2.05) is 11.7 Å². The zero-order valence-electron chi connectivity index (χ0n) is 7.45. The number of alkyl halides is 1. The molecular formula is C9H13BrN2S. The summed E-state index contributed by atoms with van der Waals surface area (Å²) in [6.07, 6.45) is 4.61. The van der Waals surface area contributed by atoms with E-state index in [2.05, 4.69) is 25.8 Å². The number of nitrogens with zero attached hydrogens (tertiary/aromatic N) is 2. The van der Waals surface area contributed by atoms with Crippen molar-refractivity contribution in [2.45, 2.75) is 24.2 Å². The summed E-state index contributed by atoms with van der Waals surface area (Å²) in [5.74, 6) is 0. The predicted molar refractivity (Wildman–Crippen MR) is 59.3 cm³/mol. The van der Waals surface area contributed by atoms with Crippen LogP contribution in [-0.2, 0) is 6.54 Å². The summed E-state index contributed by atoms with van der Waals surface area (Å²) in [7, 11) is 0. The van der Waals surface area contributed by atoms with Crippen molar-refractivity contribution in [1.82, 2.24) is 9.88 Å². The van der Waals surface area contributed by atoms with Crippen molar-refractivity contribution >= 4 is 27.3 Å². The van der Waals surface area contributed by atoms with Gasteiger partial charge in [-0.25, -0.2) is 0 Å². The first-order valence-corrected chi connectivity index (χ1v) is 6.38. The molecule has 0 saturated carbocycles. The average molecular weight is 261 g/mol. The van der Waals surface area contributed by atoms with Crippen LogP contribution in [0.5, 0.6) is 0 Å². The Morgan fingerprint density at radius 2 is 2.62 bits per heavy atom. The lowest BCUT2D eigenvalue weighted by Gasteiger charge is -2.29. The minimum atomic E-state index is 0.689. The van der Waals surface area contributed by atoms with Crippen molar-refractivity contribution in [2.24, 2.45) is 0 Å². The molecule has 1 atom stereocenters. The molecule has 13 heavy (non-hydrogen) atoms. The van der Waals surface area contributed by atoms with Gasteiger partial charge in [0.25, 0.3) is 0 Å². The Balaban J connectivity index is 1.87. The highest BCUT2D eigenvalue weighted by Gasteiger charge is 2.17. The molecule has 0 spiro atoms. The van der Waals surface area contributed by atoms with E-state index in [-0.39, 0.29) is 0 Å². The van der Waals surface area contributed by atoms with E-state index in [0.29, 0.717) is 4.83 Å². The second kappa shape index (κ2) is 4.53. The van der Waals surface area contributed by atoms with Crippen LogP contribution in [0.25, 0.3) is 0 Å². The number of likely N-dealkylation sites (tertiary alicyclic amines) is 1. The first-order chi connectivity index (χ1) is 6.34. The molecule has 1 aliphatic heterocycles. The van der Waals surface area contributed by atoms with Crippen molar-refractivity contribution in [3.05, 3.63) is 16.6 Å². The van der Waals surface area contributed by atoms with Crippen molar-refractivity contribution in [3.63, 3.8) is 0 Å². The summed E-state index contributed by atoms with van der Waals surface area (Å²) in [5.41, 5.74) is 1.91. The van der Waals surface area contributed by atoms with Gasteiger partial charge >= 0.3 is 0 Å². The van der Waals surface area contributed by atoms with Crippen LogP contribution in [0.4, 0.5) is 0 Å². The van der Waals surface area contributed by atoms with E-state index in [9.17, 15) is 0 Å². The molecular weight excluding hydrogens is 248 g/mol. The summed E-state index contributed by atoms with van der Waals surface area (Å²) in [4.78, 5) is 8.65. The molecule has 1 unspecified atom stereocenters. The van der Waals surface area contributed by atoms with Gasteiger partial charge in [0.15, 0.2) is 0 Å². The summed E-state index contributed by atoms with van der Waals surface area (Å²) in [6, 6.07) is 0. The summed E-state index contributed by atoms with van der Waals surface area (Å²) in [5, 5.41) is 0. The molecule has 2 heterocycles. The molecule has 0 aromatic carbocycles. The Hall–Kier alpha value is 0.0700. The third-order valence-corrected chi connectivity index (χ3v) is 3.82. The number of halogens is 1. The summed E-state index contributed by atoms with van der Waals surface area (Å²) >= 11 is 5.43. The van der Waals surface area contributed by atoms with Gasteiger partial charge in [0.2, 0.25) is 0 Å². The van der Waals surface area contributed by atoms with Crippen LogP contribution in [-0.4, -0.2) is 27.8 Å². The Bertz CT molecular complexity index is 250. The largest absolute Gasteiger partial charge is 0.297 e. The number of rotatable bonds is 2. The lowest BCUT2D eigenvalue weighted by Crippen LogP contribution is -2.34. The van der Waals surface area contributed by atoms with Crippen LogP contribution in [0.2, 0.25) is 0 Å². The standard InChI is InChI=1S/C9H13BrN2S/c10-8-2-1-3-12(5-8)6-9-4-11-7-13-9/h4,7-8H,1-3,5-6H2. The molecule has 0 aliphatic carbocycles. The number of aromatic nitrogens is 1. The molecule has 2 rings (SSSR count). The van der Waals surface area contributed by atoms with E-state index < -0.39 is 0 Å². The Morgan fingerprint density at radius 1 is 1.69 bits per heavy atom. The Kier molecular flexibility index (Phi) is 3.35. The Morgan fingerprint density at radius 3 is 3.31 bits per heavy atom. The molecule has 1 saturated heterocycles. The summed E-state index contributed by atoms with van der Waals surface area (Å²) in [6.45, 7) is 3.49. The van der Waals surface area contributed by atoms with Crippen molar-refractivity contribution in [1.29, 1.82) is 0 Å². The van der Waals surface area contributed by atoms with E-state index in [1.165, 1.54) is 30.8 Å². The zero-order chi connectivity index (χ0) is 9.10. The monoisotopic (exact) mass is 260 g/mol. The zero-order valence-corrected chi connectivity index (χ0v) is 9.85. The van der Waals surface area contributed by atoms with Crippen LogP contribution in [0.3, 0.4) is 0 Å². The highest BCUT2D eigenvalue weighted by Crippen LogP contribution is 2.19. The number of hydrogen-bond acceptors (Lipinski definition) is 3. The van der Waals surface area contributed by atoms with Gasteiger partial charge in [0.1, 0.15) is 0 Å². The lowest BCUT2D eigenvalue weighted by atomic mass is 10.1. The van der Waals surface area contributed by atoms with Gasteiger partial charge in [-0.15, -0.1) is 11.3 Å². The second-order valence-corrected chi connectivity index (χ2v) is 5.71. The normalized spacial score (nSPS) is 24.8. The molecule has 2 nitrogen and oxygen atoms in total. The minimum absolute atomic E-state index is 0.689. The number of thiazole rings is 1. The molecule has 0 radical (unpaired) electrons. The van der Waals surface area contributed by atoms with E-state index in [1.54, 1.807) is 11.3 Å². The first kappa shape index (κ1) is 9.62. The molecule has 1 aromatic heterocycles. The second-order valence-electron chi connectivity index (χ2n) is 3.44. The van der Waals surface area contributed by atoms with Crippen LogP contribution < -0.4 is 0 Å². The highest BCUT2D eigenvalue weighted by atomic mass is 79.9. The number of hydrogen-bond donors (Lipinski definition) is 0. The van der Waals surface area contributed by atoms with E-state index in [0.717, 1.165) is 6.54 Å². The third kappa shape index (κ3) is 2.76. The topological polar surface area (TPSA) is 16.1 Å². The van der Waals surface area contributed by atoms with E-state index >= 15 is 0 Å². The molecule has 1 aromatic rings. The fourth-order valence-corrected chi connectivity index (χ4v) is 3.05. The van der Waals surface area contributed by atoms with Gasteiger partial charge in [0.05, 0.1) is 5.51 Å². The average Bonchev–Trinajstić information content (AvgIpc) is 2.57. The van der Waals surface area contributed by atoms with Crippen molar-refractivity contribution in [3.8, 4) is 0 Å². The lowest BCUT2D eigenvalue weighted by molar-refractivity contribution is 0.229. The van der Waals surface area contributed by atoms with Gasteiger partial charge in [-0.05, 0) is 19.4 Å². The molecule has 0 bridgehead atoms. The quantitative estimate of drug-likeness (QED) is 0.760. The maximum Gasteiger partial charge on any atom is 0.0794 e. The highest BCUT2D eigenvalue weighted by molar-refractivity contribution is 9.09. The van der Waals surface area contributed by atoms with Gasteiger partial charge in [0, 0.05) is 29.0 Å². The van der Waals surface area contributed by atoms with Gasteiger partial charge in [-0.2, -0.15) is 0 Å². The molecule has 1 fully saturated rings. The maximum absolute atomic E-state index is 4.09. The third-order valence-electron chi connectivity index (χ3n) is 2.31. The van der Waals surface area contributed by atoms with Crippen LogP contribution in [0.15, 0.2) is 11.7 Å².